The van der Waals surface area contributed by atoms with Gasteiger partial charge in [0, 0.05) is 19.0 Å². The number of benzene rings is 1. The molecule has 0 aliphatic heterocycles. The maximum absolute atomic E-state index is 11.9. The molecule has 0 heterocycles. The lowest BCUT2D eigenvalue weighted by atomic mass is 9.81. The van der Waals surface area contributed by atoms with Crippen LogP contribution in [0.2, 0.25) is 0 Å². The van der Waals surface area contributed by atoms with Crippen LogP contribution in [0.5, 0.6) is 0 Å². The molecule has 0 saturated carbocycles. The highest BCUT2D eigenvalue weighted by molar-refractivity contribution is 5.85. The molecule has 3 nitrogen and oxygen atoms in total. The fourth-order valence-corrected chi connectivity index (χ4v) is 1.82. The number of likely N-dealkylation sites (N-methyl/N-ethyl adjacent to an activating group) is 1. The maximum Gasteiger partial charge on any atom is 0.220 e. The van der Waals surface area contributed by atoms with E-state index in [9.17, 15) is 4.79 Å². The number of rotatable bonds is 6. The van der Waals surface area contributed by atoms with E-state index in [0.717, 1.165) is 0 Å². The van der Waals surface area contributed by atoms with E-state index < -0.39 is 0 Å². The lowest BCUT2D eigenvalue weighted by Crippen LogP contribution is -2.39. The summed E-state index contributed by atoms with van der Waals surface area (Å²) in [6.45, 7) is 6.91. The summed E-state index contributed by atoms with van der Waals surface area (Å²) in [5.74, 6) is 0.103. The molecule has 0 radical (unpaired) electrons. The van der Waals surface area contributed by atoms with Gasteiger partial charge in [-0.3, -0.25) is 4.79 Å². The second-order valence-electron chi connectivity index (χ2n) is 5.42. The Morgan fingerprint density at radius 1 is 1.26 bits per heavy atom. The van der Waals surface area contributed by atoms with Crippen molar-refractivity contribution < 1.29 is 4.79 Å². The van der Waals surface area contributed by atoms with Crippen molar-refractivity contribution in [3.8, 4) is 0 Å². The van der Waals surface area contributed by atoms with Crippen LogP contribution in [-0.4, -0.2) is 25.5 Å². The summed E-state index contributed by atoms with van der Waals surface area (Å²) in [4.78, 5) is 11.9. The Hall–Kier alpha value is -1.06. The first kappa shape index (κ1) is 17.9. The highest BCUT2D eigenvalue weighted by Gasteiger charge is 2.23. The van der Waals surface area contributed by atoms with Crippen molar-refractivity contribution in [3.05, 3.63) is 35.9 Å². The molecule has 19 heavy (non-hydrogen) atoms. The minimum Gasteiger partial charge on any atom is -0.355 e. The first-order chi connectivity index (χ1) is 8.45. The van der Waals surface area contributed by atoms with Crippen molar-refractivity contribution in [2.24, 2.45) is 0 Å². The Kier molecular flexibility index (Phi) is 7.72. The Morgan fingerprint density at radius 3 is 2.37 bits per heavy atom. The van der Waals surface area contributed by atoms with Crippen LogP contribution in [-0.2, 0) is 10.2 Å². The van der Waals surface area contributed by atoms with Gasteiger partial charge in [-0.2, -0.15) is 0 Å². The zero-order valence-corrected chi connectivity index (χ0v) is 13.0. The van der Waals surface area contributed by atoms with Gasteiger partial charge in [0.25, 0.3) is 0 Å². The third-order valence-electron chi connectivity index (χ3n) is 3.26. The summed E-state index contributed by atoms with van der Waals surface area (Å²) >= 11 is 0. The predicted octanol–water partition coefficient (Wildman–Crippen LogP) is 2.50. The van der Waals surface area contributed by atoms with Gasteiger partial charge in [-0.1, -0.05) is 44.2 Å². The first-order valence-electron chi connectivity index (χ1n) is 6.45. The number of hydrogen-bond donors (Lipinski definition) is 2. The van der Waals surface area contributed by atoms with Crippen LogP contribution in [0.3, 0.4) is 0 Å². The fraction of sp³-hybridized carbons (Fsp3) is 0.533. The van der Waals surface area contributed by atoms with E-state index in [2.05, 4.69) is 36.6 Å². The van der Waals surface area contributed by atoms with Gasteiger partial charge in [0.2, 0.25) is 5.91 Å². The van der Waals surface area contributed by atoms with Gasteiger partial charge in [-0.05, 0) is 24.9 Å². The van der Waals surface area contributed by atoms with Gasteiger partial charge < -0.3 is 10.6 Å². The molecular formula is C15H25ClN2O. The minimum atomic E-state index is -0.131. The SMILES string of the molecule is CNC(C)CNC(=O)CC(C)(C)c1ccccc1.Cl. The highest BCUT2D eigenvalue weighted by atomic mass is 35.5. The third-order valence-corrected chi connectivity index (χ3v) is 3.26. The van der Waals surface area contributed by atoms with Crippen molar-refractivity contribution in [3.63, 3.8) is 0 Å². The molecule has 0 saturated heterocycles. The number of nitrogens with one attached hydrogen (secondary N) is 2. The molecule has 0 aliphatic carbocycles. The van der Waals surface area contributed by atoms with Gasteiger partial charge >= 0.3 is 0 Å². The van der Waals surface area contributed by atoms with Crippen LogP contribution < -0.4 is 10.6 Å². The molecule has 1 amide bonds. The quantitative estimate of drug-likeness (QED) is 0.843. The third kappa shape index (κ3) is 6.08. The normalized spacial score (nSPS) is 12.4. The molecule has 1 rings (SSSR count). The molecule has 108 valence electrons. The average Bonchev–Trinajstić information content (AvgIpc) is 2.36. The number of halogens is 1. The van der Waals surface area contributed by atoms with Crippen molar-refractivity contribution in [1.29, 1.82) is 0 Å². The number of carbonyl (C=O) groups is 1. The van der Waals surface area contributed by atoms with Gasteiger partial charge in [0.05, 0.1) is 0 Å². The van der Waals surface area contributed by atoms with E-state index in [1.807, 2.05) is 32.2 Å². The summed E-state index contributed by atoms with van der Waals surface area (Å²) in [5, 5.41) is 6.06. The number of hydrogen-bond acceptors (Lipinski definition) is 2. The first-order valence-corrected chi connectivity index (χ1v) is 6.45. The lowest BCUT2D eigenvalue weighted by molar-refractivity contribution is -0.122. The van der Waals surface area contributed by atoms with Gasteiger partial charge in [0.1, 0.15) is 0 Å². The molecular weight excluding hydrogens is 260 g/mol. The van der Waals surface area contributed by atoms with Crippen LogP contribution in [0.4, 0.5) is 0 Å². The monoisotopic (exact) mass is 284 g/mol. The summed E-state index contributed by atoms with van der Waals surface area (Å²) < 4.78 is 0. The highest BCUT2D eigenvalue weighted by Crippen LogP contribution is 2.26. The van der Waals surface area contributed by atoms with Gasteiger partial charge in [0.15, 0.2) is 0 Å². The average molecular weight is 285 g/mol. The molecule has 0 bridgehead atoms. The molecule has 4 heteroatoms. The Balaban J connectivity index is 0.00000324. The molecule has 0 spiro atoms. The second-order valence-corrected chi connectivity index (χ2v) is 5.42. The fourth-order valence-electron chi connectivity index (χ4n) is 1.82. The lowest BCUT2D eigenvalue weighted by Gasteiger charge is -2.25. The van der Waals surface area contributed by atoms with E-state index in [1.165, 1.54) is 5.56 Å². The van der Waals surface area contributed by atoms with Crippen LogP contribution in [0.25, 0.3) is 0 Å². The van der Waals surface area contributed by atoms with Crippen molar-refractivity contribution in [1.82, 2.24) is 10.6 Å². The molecule has 1 unspecified atom stereocenters. The largest absolute Gasteiger partial charge is 0.355 e. The maximum atomic E-state index is 11.9. The van der Waals surface area contributed by atoms with Crippen LogP contribution >= 0.6 is 12.4 Å². The van der Waals surface area contributed by atoms with Crippen LogP contribution in [0, 0.1) is 0 Å². The van der Waals surface area contributed by atoms with E-state index >= 15 is 0 Å². The summed E-state index contributed by atoms with van der Waals surface area (Å²) in [7, 11) is 1.89. The number of carbonyl (C=O) groups excluding carboxylic acids is 1. The van der Waals surface area contributed by atoms with Crippen molar-refractivity contribution in [2.45, 2.75) is 38.6 Å². The van der Waals surface area contributed by atoms with E-state index in [1.54, 1.807) is 0 Å². The van der Waals surface area contributed by atoms with Gasteiger partial charge in [-0.15, -0.1) is 12.4 Å². The van der Waals surface area contributed by atoms with Crippen molar-refractivity contribution >= 4 is 18.3 Å². The Labute approximate surface area is 122 Å². The Morgan fingerprint density at radius 2 is 1.84 bits per heavy atom. The minimum absolute atomic E-state index is 0. The van der Waals surface area contributed by atoms with Gasteiger partial charge in [-0.25, -0.2) is 0 Å². The van der Waals surface area contributed by atoms with E-state index in [-0.39, 0.29) is 23.7 Å². The molecule has 2 N–H and O–H groups in total. The van der Waals surface area contributed by atoms with Crippen LogP contribution in [0.1, 0.15) is 32.8 Å². The topological polar surface area (TPSA) is 41.1 Å². The standard InChI is InChI=1S/C15H24N2O.ClH/c1-12(16-4)11-17-14(18)10-15(2,3)13-8-6-5-7-9-13;/h5-9,12,16H,10-11H2,1-4H3,(H,17,18);1H. The zero-order chi connectivity index (χ0) is 13.6. The molecule has 0 fully saturated rings. The zero-order valence-electron chi connectivity index (χ0n) is 12.2. The molecule has 0 aliphatic rings. The molecule has 1 aromatic carbocycles. The number of amides is 1. The van der Waals surface area contributed by atoms with Crippen molar-refractivity contribution in [2.75, 3.05) is 13.6 Å². The second kappa shape index (κ2) is 8.18. The predicted molar refractivity (Wildman–Crippen MR) is 82.9 cm³/mol. The van der Waals surface area contributed by atoms with E-state index in [4.69, 9.17) is 0 Å². The molecule has 1 aromatic rings. The summed E-state index contributed by atoms with van der Waals surface area (Å²) in [6, 6.07) is 10.5. The molecule has 0 aromatic heterocycles. The summed E-state index contributed by atoms with van der Waals surface area (Å²) in [5.41, 5.74) is 1.07. The Bertz CT molecular complexity index is 379. The smallest absolute Gasteiger partial charge is 0.220 e. The van der Waals surface area contributed by atoms with E-state index in [0.29, 0.717) is 19.0 Å². The summed E-state index contributed by atoms with van der Waals surface area (Å²) in [6.07, 6.45) is 0.507. The molecule has 1 atom stereocenters. The van der Waals surface area contributed by atoms with Crippen LogP contribution in [0.15, 0.2) is 30.3 Å².